The molecule has 8 nitrogen and oxygen atoms in total. The summed E-state index contributed by atoms with van der Waals surface area (Å²) in [6, 6.07) is 17.8. The highest BCUT2D eigenvalue weighted by Gasteiger charge is 2.50. The number of piperidine rings is 1. The summed E-state index contributed by atoms with van der Waals surface area (Å²) in [5, 5.41) is 8.14. The van der Waals surface area contributed by atoms with E-state index in [1.807, 2.05) is 4.90 Å². The van der Waals surface area contributed by atoms with Crippen molar-refractivity contribution in [3.63, 3.8) is 0 Å². The zero-order valence-corrected chi connectivity index (χ0v) is 21.1. The number of carbonyl (C=O) groups is 2. The number of nitrogens with zero attached hydrogens (tertiary/aromatic N) is 3. The summed E-state index contributed by atoms with van der Waals surface area (Å²) in [7, 11) is 1.34. The van der Waals surface area contributed by atoms with Gasteiger partial charge in [0.2, 0.25) is 5.89 Å². The smallest absolute Gasteiger partial charge is 0.337 e. The van der Waals surface area contributed by atoms with Crippen LogP contribution in [-0.4, -0.2) is 59.7 Å². The number of ether oxygens (including phenoxy) is 1. The van der Waals surface area contributed by atoms with Crippen LogP contribution in [0, 0.1) is 0 Å². The average Bonchev–Trinajstić information content (AvgIpc) is 3.87. The Balaban J connectivity index is 1.01. The van der Waals surface area contributed by atoms with Crippen LogP contribution in [0.5, 0.6) is 0 Å². The fourth-order valence-electron chi connectivity index (χ4n) is 5.44. The van der Waals surface area contributed by atoms with Crippen molar-refractivity contribution >= 4 is 11.9 Å². The molecule has 1 unspecified atom stereocenters. The van der Waals surface area contributed by atoms with Gasteiger partial charge in [-0.15, -0.1) is 0 Å². The Morgan fingerprint density at radius 1 is 1.05 bits per heavy atom. The maximum absolute atomic E-state index is 12.9. The molecule has 192 valence electrons. The normalized spacial score (nSPS) is 22.5. The first-order valence-corrected chi connectivity index (χ1v) is 13.2. The van der Waals surface area contributed by atoms with Gasteiger partial charge in [0.05, 0.1) is 12.7 Å². The second-order valence-corrected chi connectivity index (χ2v) is 10.6. The summed E-state index contributed by atoms with van der Waals surface area (Å²) in [4.78, 5) is 31.3. The van der Waals surface area contributed by atoms with Crippen LogP contribution < -0.4 is 5.32 Å². The van der Waals surface area contributed by atoms with E-state index < -0.39 is 5.97 Å². The molecule has 0 bridgehead atoms. The Morgan fingerprint density at radius 3 is 2.43 bits per heavy atom. The van der Waals surface area contributed by atoms with Gasteiger partial charge in [-0.05, 0) is 61.9 Å². The molecule has 1 saturated heterocycles. The molecular formula is C29H32N4O4. The van der Waals surface area contributed by atoms with E-state index in [4.69, 9.17) is 14.2 Å². The van der Waals surface area contributed by atoms with Gasteiger partial charge >= 0.3 is 5.97 Å². The lowest BCUT2D eigenvalue weighted by Crippen LogP contribution is -2.38. The van der Waals surface area contributed by atoms with E-state index >= 15 is 0 Å². The first-order chi connectivity index (χ1) is 18.1. The highest BCUT2D eigenvalue weighted by Crippen LogP contribution is 2.48. The molecule has 1 N–H and O–H groups in total. The summed E-state index contributed by atoms with van der Waals surface area (Å²) < 4.78 is 10.5. The van der Waals surface area contributed by atoms with Gasteiger partial charge in [0.25, 0.3) is 5.91 Å². The van der Waals surface area contributed by atoms with Gasteiger partial charge in [-0.2, -0.15) is 4.98 Å². The van der Waals surface area contributed by atoms with Crippen molar-refractivity contribution in [2.75, 3.05) is 26.7 Å². The monoisotopic (exact) mass is 500 g/mol. The summed E-state index contributed by atoms with van der Waals surface area (Å²) in [6.07, 6.45) is 4.94. The first-order valence-electron chi connectivity index (χ1n) is 13.2. The maximum atomic E-state index is 12.9. The number of rotatable bonds is 8. The Morgan fingerprint density at radius 2 is 1.76 bits per heavy atom. The molecule has 3 fully saturated rings. The zero-order valence-electron chi connectivity index (χ0n) is 21.1. The summed E-state index contributed by atoms with van der Waals surface area (Å²) >= 11 is 0. The van der Waals surface area contributed by atoms with Crippen molar-refractivity contribution in [1.29, 1.82) is 0 Å². The predicted octanol–water partition coefficient (Wildman–Crippen LogP) is 4.05. The van der Waals surface area contributed by atoms with Crippen LogP contribution in [0.4, 0.5) is 0 Å². The maximum Gasteiger partial charge on any atom is 0.337 e. The summed E-state index contributed by atoms with van der Waals surface area (Å²) in [6.45, 7) is 2.16. The first kappa shape index (κ1) is 23.9. The molecule has 2 aliphatic carbocycles. The number of methoxy groups -OCH3 is 1. The van der Waals surface area contributed by atoms with E-state index in [1.54, 1.807) is 24.3 Å². The number of esters is 1. The number of amides is 1. The number of benzene rings is 2. The second kappa shape index (κ2) is 9.74. The molecule has 1 aromatic heterocycles. The Kier molecular flexibility index (Phi) is 6.28. The van der Waals surface area contributed by atoms with Gasteiger partial charge in [-0.3, -0.25) is 4.79 Å². The van der Waals surface area contributed by atoms with Crippen LogP contribution in [0.2, 0.25) is 0 Å². The van der Waals surface area contributed by atoms with E-state index in [-0.39, 0.29) is 17.2 Å². The van der Waals surface area contributed by atoms with Gasteiger partial charge in [0.15, 0.2) is 5.82 Å². The fourth-order valence-corrected chi connectivity index (χ4v) is 5.44. The number of hydrogen-bond donors (Lipinski definition) is 1. The molecule has 1 amide bonds. The van der Waals surface area contributed by atoms with Crippen molar-refractivity contribution in [2.45, 2.75) is 55.4 Å². The highest BCUT2D eigenvalue weighted by atomic mass is 16.5. The third-order valence-corrected chi connectivity index (χ3v) is 8.17. The molecule has 1 aliphatic heterocycles. The van der Waals surface area contributed by atoms with Crippen molar-refractivity contribution in [1.82, 2.24) is 20.4 Å². The van der Waals surface area contributed by atoms with Crippen molar-refractivity contribution in [2.24, 2.45) is 0 Å². The topological polar surface area (TPSA) is 97.6 Å². The molecule has 2 atom stereocenters. The minimum Gasteiger partial charge on any atom is -0.465 e. The quantitative estimate of drug-likeness (QED) is 0.466. The number of likely N-dealkylation sites (tertiary alicyclic amines) is 1. The molecule has 2 saturated carbocycles. The van der Waals surface area contributed by atoms with Crippen LogP contribution in [0.1, 0.15) is 81.9 Å². The molecule has 8 heteroatoms. The Hall–Kier alpha value is -3.52. The van der Waals surface area contributed by atoms with E-state index in [0.717, 1.165) is 38.1 Å². The fraction of sp³-hybridized carbons (Fsp3) is 0.448. The van der Waals surface area contributed by atoms with Crippen LogP contribution in [0.3, 0.4) is 0 Å². The van der Waals surface area contributed by atoms with Crippen molar-refractivity contribution < 1.29 is 18.8 Å². The molecule has 3 aromatic rings. The number of hydrogen-bond acceptors (Lipinski definition) is 7. The standard InChI is InChI=1S/C29H32N4O4/c1-36-27(35)22-9-7-21(8-10-22)26(34)33-15-11-20(12-16-33)25-31-28(32-37-25)29(13-14-29)18-30-24-17-23(24)19-5-3-2-4-6-19/h2-10,20,23-24,30H,11-18H2,1H3/t23?,24-/m0/s1. The molecule has 37 heavy (non-hydrogen) atoms. The molecule has 0 spiro atoms. The molecule has 0 radical (unpaired) electrons. The lowest BCUT2D eigenvalue weighted by Gasteiger charge is -2.30. The van der Waals surface area contributed by atoms with Crippen molar-refractivity contribution in [3.05, 3.63) is 83.0 Å². The third kappa shape index (κ3) is 4.90. The van der Waals surface area contributed by atoms with Gasteiger partial charge in [-0.1, -0.05) is 35.5 Å². The van der Waals surface area contributed by atoms with E-state index in [0.29, 0.717) is 42.1 Å². The second-order valence-electron chi connectivity index (χ2n) is 10.6. The Bertz CT molecular complexity index is 1260. The summed E-state index contributed by atoms with van der Waals surface area (Å²) in [5.41, 5.74) is 2.41. The van der Waals surface area contributed by atoms with Crippen LogP contribution in [0.25, 0.3) is 0 Å². The van der Waals surface area contributed by atoms with Gasteiger partial charge in [-0.25, -0.2) is 4.79 Å². The largest absolute Gasteiger partial charge is 0.465 e. The van der Waals surface area contributed by atoms with Crippen molar-refractivity contribution in [3.8, 4) is 0 Å². The average molecular weight is 501 g/mol. The van der Waals surface area contributed by atoms with Gasteiger partial charge in [0.1, 0.15) is 0 Å². The van der Waals surface area contributed by atoms with Crippen LogP contribution in [-0.2, 0) is 10.2 Å². The summed E-state index contributed by atoms with van der Waals surface area (Å²) in [5.74, 6) is 1.86. The molecule has 3 aliphatic rings. The van der Waals surface area contributed by atoms with E-state index in [2.05, 4.69) is 40.8 Å². The molecule has 2 heterocycles. The number of nitrogens with one attached hydrogen (secondary N) is 1. The van der Waals surface area contributed by atoms with Gasteiger partial charge < -0.3 is 19.5 Å². The lowest BCUT2D eigenvalue weighted by molar-refractivity contribution is 0.0599. The van der Waals surface area contributed by atoms with Gasteiger partial charge in [0, 0.05) is 48.5 Å². The van der Waals surface area contributed by atoms with Crippen LogP contribution >= 0.6 is 0 Å². The van der Waals surface area contributed by atoms with E-state index in [1.165, 1.54) is 19.1 Å². The predicted molar refractivity (Wildman–Crippen MR) is 136 cm³/mol. The number of aromatic nitrogens is 2. The lowest BCUT2D eigenvalue weighted by atomic mass is 9.96. The zero-order chi connectivity index (χ0) is 25.4. The minimum atomic E-state index is -0.411. The SMILES string of the molecule is COC(=O)c1ccc(C(=O)N2CCC(c3nc(C4(CN[C@H]5CC5c5ccccc5)CC4)no3)CC2)cc1. The molecule has 2 aromatic carbocycles. The Labute approximate surface area is 216 Å². The van der Waals surface area contributed by atoms with Crippen LogP contribution in [0.15, 0.2) is 59.1 Å². The minimum absolute atomic E-state index is 0.00138. The highest BCUT2D eigenvalue weighted by molar-refractivity contribution is 5.96. The van der Waals surface area contributed by atoms with E-state index in [9.17, 15) is 9.59 Å². The molecular weight excluding hydrogens is 468 g/mol. The molecule has 6 rings (SSSR count). The number of carbonyl (C=O) groups excluding carboxylic acids is 2. The third-order valence-electron chi connectivity index (χ3n) is 8.17.